The van der Waals surface area contributed by atoms with E-state index in [0.29, 0.717) is 13.0 Å². The van der Waals surface area contributed by atoms with Crippen molar-refractivity contribution < 1.29 is 4.79 Å². The number of aromatic nitrogens is 1. The highest BCUT2D eigenvalue weighted by Crippen LogP contribution is 2.28. The molecule has 0 fully saturated rings. The molecule has 1 amide bonds. The van der Waals surface area contributed by atoms with Crippen LogP contribution in [0.4, 0.5) is 0 Å². The highest BCUT2D eigenvalue weighted by Gasteiger charge is 2.10. The standard InChI is InChI=1S/C23H21N3O/c1-17-10-12-18(13-11-17)16-24-25-23(27)14-15-26-21-8-4-2-6-19(21)20-7-3-5-9-22(20)26/h2-13,16H,14-15H2,1H3,(H,25,27)/b24-16-. The lowest BCUT2D eigenvalue weighted by Crippen LogP contribution is -2.19. The van der Waals surface area contributed by atoms with E-state index in [4.69, 9.17) is 0 Å². The van der Waals surface area contributed by atoms with Crippen molar-refractivity contribution in [2.75, 3.05) is 0 Å². The second-order valence-corrected chi connectivity index (χ2v) is 6.64. The van der Waals surface area contributed by atoms with Crippen LogP contribution in [-0.4, -0.2) is 16.7 Å². The first-order chi connectivity index (χ1) is 13.2. The van der Waals surface area contributed by atoms with E-state index in [1.54, 1.807) is 6.21 Å². The van der Waals surface area contributed by atoms with E-state index in [-0.39, 0.29) is 5.91 Å². The maximum Gasteiger partial charge on any atom is 0.241 e. The van der Waals surface area contributed by atoms with Gasteiger partial charge in [0.05, 0.1) is 6.21 Å². The second kappa shape index (κ2) is 7.46. The van der Waals surface area contributed by atoms with Crippen LogP contribution in [0.25, 0.3) is 21.8 Å². The van der Waals surface area contributed by atoms with Crippen LogP contribution < -0.4 is 5.43 Å². The van der Waals surface area contributed by atoms with Gasteiger partial charge in [0.1, 0.15) is 0 Å². The largest absolute Gasteiger partial charge is 0.340 e. The first-order valence-corrected chi connectivity index (χ1v) is 9.07. The number of fused-ring (bicyclic) bond motifs is 3. The van der Waals surface area contributed by atoms with Crippen molar-refractivity contribution in [3.05, 3.63) is 83.9 Å². The molecule has 0 aliphatic rings. The summed E-state index contributed by atoms with van der Waals surface area (Å²) >= 11 is 0. The number of hydrogen-bond acceptors (Lipinski definition) is 2. The maximum absolute atomic E-state index is 12.2. The fourth-order valence-electron chi connectivity index (χ4n) is 3.34. The number of hydrogen-bond donors (Lipinski definition) is 1. The van der Waals surface area contributed by atoms with Gasteiger partial charge in [0.25, 0.3) is 0 Å². The van der Waals surface area contributed by atoms with Gasteiger partial charge in [0.2, 0.25) is 5.91 Å². The van der Waals surface area contributed by atoms with Crippen LogP contribution >= 0.6 is 0 Å². The van der Waals surface area contributed by atoms with Crippen molar-refractivity contribution in [2.45, 2.75) is 19.9 Å². The van der Waals surface area contributed by atoms with Crippen molar-refractivity contribution in [3.8, 4) is 0 Å². The van der Waals surface area contributed by atoms with Gasteiger partial charge < -0.3 is 4.57 Å². The average molecular weight is 355 g/mol. The molecule has 0 aliphatic carbocycles. The Morgan fingerprint density at radius 1 is 0.926 bits per heavy atom. The van der Waals surface area contributed by atoms with Crippen molar-refractivity contribution in [1.29, 1.82) is 0 Å². The summed E-state index contributed by atoms with van der Waals surface area (Å²) in [6, 6.07) is 24.6. The van der Waals surface area contributed by atoms with Crippen molar-refractivity contribution in [2.24, 2.45) is 5.10 Å². The molecule has 0 aliphatic heterocycles. The van der Waals surface area contributed by atoms with E-state index >= 15 is 0 Å². The smallest absolute Gasteiger partial charge is 0.241 e. The minimum absolute atomic E-state index is 0.0970. The summed E-state index contributed by atoms with van der Waals surface area (Å²) in [6.45, 7) is 2.65. The number of carbonyl (C=O) groups is 1. The van der Waals surface area contributed by atoms with Crippen molar-refractivity contribution >= 4 is 33.9 Å². The monoisotopic (exact) mass is 355 g/mol. The average Bonchev–Trinajstić information content (AvgIpc) is 3.02. The fourth-order valence-corrected chi connectivity index (χ4v) is 3.34. The number of nitrogens with zero attached hydrogens (tertiary/aromatic N) is 2. The number of para-hydroxylation sites is 2. The highest BCUT2D eigenvalue weighted by molar-refractivity contribution is 6.08. The van der Waals surface area contributed by atoms with Gasteiger partial charge in [-0.05, 0) is 24.6 Å². The molecule has 1 heterocycles. The Kier molecular flexibility index (Phi) is 4.71. The van der Waals surface area contributed by atoms with Gasteiger partial charge in [0.15, 0.2) is 0 Å². The number of amides is 1. The molecule has 134 valence electrons. The van der Waals surface area contributed by atoms with Crippen LogP contribution in [0.3, 0.4) is 0 Å². The molecule has 0 saturated carbocycles. The molecule has 1 N–H and O–H groups in total. The Morgan fingerprint density at radius 3 is 2.15 bits per heavy atom. The lowest BCUT2D eigenvalue weighted by atomic mass is 10.2. The van der Waals surface area contributed by atoms with Gasteiger partial charge >= 0.3 is 0 Å². The fraction of sp³-hybridized carbons (Fsp3) is 0.130. The summed E-state index contributed by atoms with van der Waals surface area (Å²) in [5, 5.41) is 6.49. The predicted molar refractivity (Wildman–Crippen MR) is 111 cm³/mol. The van der Waals surface area contributed by atoms with Gasteiger partial charge in [-0.2, -0.15) is 5.10 Å². The number of rotatable bonds is 5. The van der Waals surface area contributed by atoms with Crippen molar-refractivity contribution in [1.82, 2.24) is 9.99 Å². The second-order valence-electron chi connectivity index (χ2n) is 6.64. The Labute approximate surface area is 158 Å². The summed E-state index contributed by atoms with van der Waals surface area (Å²) in [5.74, 6) is -0.0970. The van der Waals surface area contributed by atoms with Crippen LogP contribution in [0.1, 0.15) is 17.5 Å². The molecular formula is C23H21N3O. The van der Waals surface area contributed by atoms with E-state index in [2.05, 4.69) is 39.4 Å². The molecule has 0 atom stereocenters. The SMILES string of the molecule is Cc1ccc(/C=N\NC(=O)CCn2c3ccccc3c3ccccc32)cc1. The minimum atomic E-state index is -0.0970. The molecule has 4 rings (SSSR count). The summed E-state index contributed by atoms with van der Waals surface area (Å²) < 4.78 is 2.20. The Hall–Kier alpha value is -3.40. The molecule has 0 bridgehead atoms. The van der Waals surface area contributed by atoms with Crippen molar-refractivity contribution in [3.63, 3.8) is 0 Å². The van der Waals surface area contributed by atoms with Gasteiger partial charge in [-0.25, -0.2) is 5.43 Å². The number of hydrazone groups is 1. The quantitative estimate of drug-likeness (QED) is 0.411. The number of benzene rings is 3. The van der Waals surface area contributed by atoms with Crippen LogP contribution in [0.2, 0.25) is 0 Å². The molecule has 0 saturated heterocycles. The molecule has 1 aromatic heterocycles. The molecule has 0 radical (unpaired) electrons. The number of carbonyl (C=O) groups excluding carboxylic acids is 1. The van der Waals surface area contributed by atoms with E-state index in [1.165, 1.54) is 16.3 Å². The molecular weight excluding hydrogens is 334 g/mol. The van der Waals surface area contributed by atoms with Gasteiger partial charge in [0, 0.05) is 34.8 Å². The molecule has 27 heavy (non-hydrogen) atoms. The maximum atomic E-state index is 12.2. The van der Waals surface area contributed by atoms with Crippen LogP contribution in [0.15, 0.2) is 77.9 Å². The van der Waals surface area contributed by atoms with E-state index in [1.807, 2.05) is 55.5 Å². The summed E-state index contributed by atoms with van der Waals surface area (Å²) in [7, 11) is 0. The third-order valence-electron chi connectivity index (χ3n) is 4.72. The zero-order chi connectivity index (χ0) is 18.6. The van der Waals surface area contributed by atoms with E-state index in [0.717, 1.165) is 16.6 Å². The number of nitrogens with one attached hydrogen (secondary N) is 1. The summed E-state index contributed by atoms with van der Waals surface area (Å²) in [5.41, 5.74) is 7.08. The Balaban J connectivity index is 1.46. The summed E-state index contributed by atoms with van der Waals surface area (Å²) in [6.07, 6.45) is 2.03. The van der Waals surface area contributed by atoms with Gasteiger partial charge in [-0.3, -0.25) is 4.79 Å². The topological polar surface area (TPSA) is 46.4 Å². The normalized spacial score (nSPS) is 11.4. The number of aryl methyl sites for hydroxylation is 2. The first-order valence-electron chi connectivity index (χ1n) is 9.07. The molecule has 0 unspecified atom stereocenters. The summed E-state index contributed by atoms with van der Waals surface area (Å²) in [4.78, 5) is 12.2. The van der Waals surface area contributed by atoms with E-state index in [9.17, 15) is 4.79 Å². The molecule has 0 spiro atoms. The molecule has 4 heteroatoms. The Bertz CT molecular complexity index is 1070. The first kappa shape index (κ1) is 17.0. The van der Waals surface area contributed by atoms with Crippen LogP contribution in [0, 0.1) is 6.92 Å². The Morgan fingerprint density at radius 2 is 1.52 bits per heavy atom. The molecule has 3 aromatic carbocycles. The van der Waals surface area contributed by atoms with Gasteiger partial charge in [-0.15, -0.1) is 0 Å². The van der Waals surface area contributed by atoms with Gasteiger partial charge in [-0.1, -0.05) is 66.2 Å². The highest BCUT2D eigenvalue weighted by atomic mass is 16.2. The third kappa shape index (κ3) is 3.60. The lowest BCUT2D eigenvalue weighted by molar-refractivity contribution is -0.121. The van der Waals surface area contributed by atoms with E-state index < -0.39 is 0 Å². The third-order valence-corrected chi connectivity index (χ3v) is 4.72. The minimum Gasteiger partial charge on any atom is -0.340 e. The van der Waals surface area contributed by atoms with Crippen LogP contribution in [-0.2, 0) is 11.3 Å². The predicted octanol–water partition coefficient (Wildman–Crippen LogP) is 4.64. The lowest BCUT2D eigenvalue weighted by Gasteiger charge is -2.06. The molecule has 4 aromatic rings. The van der Waals surface area contributed by atoms with Crippen LogP contribution in [0.5, 0.6) is 0 Å². The zero-order valence-electron chi connectivity index (χ0n) is 15.2. The zero-order valence-corrected chi connectivity index (χ0v) is 15.2. The molecule has 4 nitrogen and oxygen atoms in total.